The molecule has 214 valence electrons. The molecule has 0 atom stereocenters. The molecule has 7 aromatic carbocycles. The van der Waals surface area contributed by atoms with E-state index in [9.17, 15) is 0 Å². The highest BCUT2D eigenvalue weighted by atomic mass is 32.2. The van der Waals surface area contributed by atoms with Crippen LogP contribution < -0.4 is 25.9 Å². The van der Waals surface area contributed by atoms with E-state index in [2.05, 4.69) is 140 Å². The monoisotopic (exact) mass is 604 g/mol. The number of hydrogen-bond acceptors (Lipinski definition) is 3. The summed E-state index contributed by atoms with van der Waals surface area (Å²) in [5.74, 6) is 3.64. The van der Waals surface area contributed by atoms with Crippen LogP contribution >= 0.6 is 11.8 Å². The molecular weight excluding hydrogens is 579 g/mol. The van der Waals surface area contributed by atoms with Crippen molar-refractivity contribution in [2.45, 2.75) is 22.1 Å². The molecular formula is C42H25BO2S. The number of aryl methyl sites for hydroxylation is 1. The Bertz CT molecular complexity index is 2450. The summed E-state index contributed by atoms with van der Waals surface area (Å²) in [7, 11) is 0. The number of benzene rings is 7. The second-order valence-corrected chi connectivity index (χ2v) is 13.9. The largest absolute Gasteiger partial charge is 0.458 e. The fourth-order valence-corrected chi connectivity index (χ4v) is 9.99. The van der Waals surface area contributed by atoms with Crippen LogP contribution in [0.15, 0.2) is 143 Å². The molecule has 2 nitrogen and oxygen atoms in total. The summed E-state index contributed by atoms with van der Waals surface area (Å²) in [4.78, 5) is 2.62. The Morgan fingerprint density at radius 3 is 2.04 bits per heavy atom. The summed E-state index contributed by atoms with van der Waals surface area (Å²) in [6, 6.07) is 49.0. The Kier molecular flexibility index (Phi) is 4.76. The molecule has 0 aromatic heterocycles. The van der Waals surface area contributed by atoms with Gasteiger partial charge in [0, 0.05) is 20.6 Å². The standard InChI is InChI=1S/C42H25BO2S/c1-24-22-34-39-35(23-24)45-41-26-11-3-2-10-25(26)18-20-32(41)43(39)40-33(44-34)21-19-31-38(40)27-12-4-5-13-28(27)42(31)29-14-6-8-16-36(29)46-37-17-9-7-15-30(37)42/h2-23H,1H3. The predicted molar refractivity (Wildman–Crippen MR) is 188 cm³/mol. The average Bonchev–Trinajstić information content (AvgIpc) is 3.39. The van der Waals surface area contributed by atoms with Gasteiger partial charge in [0.15, 0.2) is 0 Å². The maximum atomic E-state index is 6.88. The molecule has 0 saturated heterocycles. The van der Waals surface area contributed by atoms with Crippen molar-refractivity contribution in [1.29, 1.82) is 0 Å². The maximum Gasteiger partial charge on any atom is 0.261 e. The first-order valence-electron chi connectivity index (χ1n) is 15.9. The number of hydrogen-bond donors (Lipinski definition) is 0. The minimum Gasteiger partial charge on any atom is -0.458 e. The minimum absolute atomic E-state index is 0.0377. The van der Waals surface area contributed by atoms with Crippen molar-refractivity contribution >= 4 is 45.6 Å². The summed E-state index contributed by atoms with van der Waals surface area (Å²) in [6.45, 7) is 2.08. The zero-order valence-corrected chi connectivity index (χ0v) is 25.8. The summed E-state index contributed by atoms with van der Waals surface area (Å²) < 4.78 is 13.7. The fraction of sp³-hybridized carbons (Fsp3) is 0.0476. The Labute approximate surface area is 271 Å². The average molecular weight is 605 g/mol. The van der Waals surface area contributed by atoms with E-state index in [1.807, 2.05) is 11.8 Å². The SMILES string of the molecule is Cc1cc2c3c(c1)Oc1c(ccc4ccccc14)B3c1c(ccc3c1-c1ccccc1C31c3ccccc3Sc3ccccc31)O2. The quantitative estimate of drug-likeness (QED) is 0.161. The van der Waals surface area contributed by atoms with Crippen molar-refractivity contribution < 1.29 is 9.47 Å². The lowest BCUT2D eigenvalue weighted by atomic mass is 9.33. The van der Waals surface area contributed by atoms with Gasteiger partial charge in [0.05, 0.1) is 5.41 Å². The normalized spacial score (nSPS) is 15.0. The van der Waals surface area contributed by atoms with Crippen LogP contribution in [0, 0.1) is 6.92 Å². The van der Waals surface area contributed by atoms with Crippen molar-refractivity contribution in [2.75, 3.05) is 0 Å². The first-order chi connectivity index (χ1) is 22.7. The van der Waals surface area contributed by atoms with Crippen LogP contribution in [-0.2, 0) is 5.41 Å². The molecule has 0 saturated carbocycles. The molecule has 1 aliphatic carbocycles. The lowest BCUT2D eigenvalue weighted by Crippen LogP contribution is -2.58. The van der Waals surface area contributed by atoms with Crippen molar-refractivity contribution in [2.24, 2.45) is 0 Å². The molecule has 0 radical (unpaired) electrons. The van der Waals surface area contributed by atoms with Gasteiger partial charge >= 0.3 is 0 Å². The highest BCUT2D eigenvalue weighted by molar-refractivity contribution is 7.99. The van der Waals surface area contributed by atoms with Crippen LogP contribution in [0.2, 0.25) is 0 Å². The summed E-state index contributed by atoms with van der Waals surface area (Å²) in [5, 5.41) is 2.32. The van der Waals surface area contributed by atoms with Crippen molar-refractivity contribution in [3.8, 4) is 34.1 Å². The highest BCUT2D eigenvalue weighted by Crippen LogP contribution is 2.62. The Morgan fingerprint density at radius 2 is 1.24 bits per heavy atom. The third-order valence-electron chi connectivity index (χ3n) is 10.5. The number of ether oxygens (including phenoxy) is 2. The van der Waals surface area contributed by atoms with Crippen LogP contribution in [0.3, 0.4) is 0 Å². The van der Waals surface area contributed by atoms with Crippen molar-refractivity contribution in [3.05, 3.63) is 161 Å². The van der Waals surface area contributed by atoms with Crippen LogP contribution in [0.5, 0.6) is 23.0 Å². The molecule has 0 bridgehead atoms. The third-order valence-corrected chi connectivity index (χ3v) is 11.6. The van der Waals surface area contributed by atoms with Gasteiger partial charge in [-0.2, -0.15) is 0 Å². The molecule has 3 aliphatic heterocycles. The molecule has 11 rings (SSSR count). The van der Waals surface area contributed by atoms with E-state index in [1.165, 1.54) is 59.5 Å². The van der Waals surface area contributed by atoms with Gasteiger partial charge in [-0.3, -0.25) is 0 Å². The van der Waals surface area contributed by atoms with Gasteiger partial charge in [0.2, 0.25) is 0 Å². The molecule has 3 heterocycles. The maximum absolute atomic E-state index is 6.88. The van der Waals surface area contributed by atoms with Crippen LogP contribution in [0.4, 0.5) is 0 Å². The van der Waals surface area contributed by atoms with E-state index in [0.717, 1.165) is 39.4 Å². The summed E-state index contributed by atoms with van der Waals surface area (Å²) >= 11 is 1.88. The number of rotatable bonds is 0. The summed E-state index contributed by atoms with van der Waals surface area (Å²) in [5.41, 5.74) is 12.1. The van der Waals surface area contributed by atoms with Crippen LogP contribution in [0.1, 0.15) is 27.8 Å². The van der Waals surface area contributed by atoms with E-state index in [4.69, 9.17) is 9.47 Å². The first kappa shape index (κ1) is 25.1. The van der Waals surface area contributed by atoms with E-state index in [0.29, 0.717) is 0 Å². The zero-order valence-electron chi connectivity index (χ0n) is 25.0. The molecule has 0 amide bonds. The smallest absolute Gasteiger partial charge is 0.261 e. The third kappa shape index (κ3) is 2.97. The lowest BCUT2D eigenvalue weighted by Gasteiger charge is -2.40. The fourth-order valence-electron chi connectivity index (χ4n) is 8.80. The molecule has 0 N–H and O–H groups in total. The molecule has 7 aromatic rings. The topological polar surface area (TPSA) is 18.5 Å². The van der Waals surface area contributed by atoms with E-state index >= 15 is 0 Å². The predicted octanol–water partition coefficient (Wildman–Crippen LogP) is 8.70. The van der Waals surface area contributed by atoms with E-state index < -0.39 is 5.41 Å². The van der Waals surface area contributed by atoms with Gasteiger partial charge in [-0.25, -0.2) is 0 Å². The molecule has 4 aliphatic rings. The van der Waals surface area contributed by atoms with Gasteiger partial charge in [0.25, 0.3) is 6.71 Å². The molecule has 0 unspecified atom stereocenters. The van der Waals surface area contributed by atoms with Gasteiger partial charge in [-0.05, 0) is 92.5 Å². The van der Waals surface area contributed by atoms with E-state index in [1.54, 1.807) is 0 Å². The Balaban J connectivity index is 1.30. The van der Waals surface area contributed by atoms with Crippen LogP contribution in [0.25, 0.3) is 21.9 Å². The Morgan fingerprint density at radius 1 is 0.565 bits per heavy atom. The summed E-state index contributed by atoms with van der Waals surface area (Å²) in [6.07, 6.45) is 0. The molecule has 1 spiro atoms. The highest BCUT2D eigenvalue weighted by Gasteiger charge is 2.53. The second-order valence-electron chi connectivity index (χ2n) is 12.8. The second kappa shape index (κ2) is 8.75. The van der Waals surface area contributed by atoms with Crippen molar-refractivity contribution in [3.63, 3.8) is 0 Å². The molecule has 46 heavy (non-hydrogen) atoms. The zero-order chi connectivity index (χ0) is 30.1. The number of fused-ring (bicyclic) bond motifs is 16. The van der Waals surface area contributed by atoms with Gasteiger partial charge in [-0.1, -0.05) is 115 Å². The van der Waals surface area contributed by atoms with E-state index in [-0.39, 0.29) is 6.71 Å². The minimum atomic E-state index is -0.437. The Hall–Kier alpha value is -5.19. The van der Waals surface area contributed by atoms with Gasteiger partial charge < -0.3 is 9.47 Å². The van der Waals surface area contributed by atoms with Gasteiger partial charge in [-0.15, -0.1) is 0 Å². The van der Waals surface area contributed by atoms with Crippen molar-refractivity contribution in [1.82, 2.24) is 0 Å². The van der Waals surface area contributed by atoms with Gasteiger partial charge in [0.1, 0.15) is 23.0 Å². The molecule has 4 heteroatoms. The lowest BCUT2D eigenvalue weighted by molar-refractivity contribution is 0.466. The first-order valence-corrected chi connectivity index (χ1v) is 16.7. The molecule has 0 fully saturated rings. The van der Waals surface area contributed by atoms with Crippen LogP contribution in [-0.4, -0.2) is 6.71 Å².